The van der Waals surface area contributed by atoms with E-state index in [0.717, 1.165) is 24.5 Å². The van der Waals surface area contributed by atoms with Gasteiger partial charge >= 0.3 is 5.97 Å². The molecule has 92 valence electrons. The second-order valence-corrected chi connectivity index (χ2v) is 5.03. The zero-order valence-electron chi connectivity index (χ0n) is 8.84. The van der Waals surface area contributed by atoms with Gasteiger partial charge in [-0.1, -0.05) is 0 Å². The van der Waals surface area contributed by atoms with Gasteiger partial charge in [0.25, 0.3) is 0 Å². The number of sulfonamides is 1. The van der Waals surface area contributed by atoms with Crippen molar-refractivity contribution in [3.63, 3.8) is 0 Å². The Morgan fingerprint density at radius 1 is 1.47 bits per heavy atom. The number of nitrogens with one attached hydrogen (secondary N) is 1. The summed E-state index contributed by atoms with van der Waals surface area (Å²) in [6.45, 7) is 0. The molecule has 0 unspecified atom stereocenters. The fourth-order valence-corrected chi connectivity index (χ4v) is 1.66. The zero-order chi connectivity index (χ0) is 13.1. The summed E-state index contributed by atoms with van der Waals surface area (Å²) >= 11 is 0. The van der Waals surface area contributed by atoms with Crippen LogP contribution in [0.4, 0.5) is 10.1 Å². The van der Waals surface area contributed by atoms with Crippen molar-refractivity contribution in [3.8, 4) is 0 Å². The molecule has 0 radical (unpaired) electrons. The summed E-state index contributed by atoms with van der Waals surface area (Å²) in [6.07, 6.45) is 2.83. The van der Waals surface area contributed by atoms with Crippen LogP contribution in [-0.4, -0.2) is 25.7 Å². The van der Waals surface area contributed by atoms with Crippen LogP contribution in [-0.2, 0) is 14.8 Å². The molecule has 1 aromatic carbocycles. The van der Waals surface area contributed by atoms with Gasteiger partial charge < -0.3 is 5.11 Å². The predicted octanol–water partition coefficient (Wildman–Crippen LogP) is 1.29. The van der Waals surface area contributed by atoms with Crippen molar-refractivity contribution in [2.24, 2.45) is 0 Å². The molecule has 5 nitrogen and oxygen atoms in total. The van der Waals surface area contributed by atoms with Crippen molar-refractivity contribution in [2.75, 3.05) is 11.0 Å². The van der Waals surface area contributed by atoms with E-state index in [2.05, 4.69) is 4.72 Å². The number of carboxylic acids is 1. The molecule has 0 aliphatic carbocycles. The fourth-order valence-electron chi connectivity index (χ4n) is 1.10. The van der Waals surface area contributed by atoms with Crippen molar-refractivity contribution < 1.29 is 22.7 Å². The summed E-state index contributed by atoms with van der Waals surface area (Å²) in [5.74, 6) is -1.90. The van der Waals surface area contributed by atoms with Crippen LogP contribution in [0.15, 0.2) is 24.3 Å². The first-order valence-electron chi connectivity index (χ1n) is 4.46. The summed E-state index contributed by atoms with van der Waals surface area (Å²) in [5, 5.41) is 8.37. The van der Waals surface area contributed by atoms with Crippen molar-refractivity contribution in [2.45, 2.75) is 0 Å². The van der Waals surface area contributed by atoms with Crippen LogP contribution in [0.2, 0.25) is 0 Å². The second kappa shape index (κ2) is 4.96. The van der Waals surface area contributed by atoms with E-state index in [1.807, 2.05) is 0 Å². The molecule has 0 bridgehead atoms. The molecular formula is C10H10FNO4S. The van der Waals surface area contributed by atoms with Gasteiger partial charge in [-0.25, -0.2) is 17.6 Å². The Hall–Kier alpha value is -1.89. The van der Waals surface area contributed by atoms with Gasteiger partial charge in [-0.3, -0.25) is 4.72 Å². The normalized spacial score (nSPS) is 11.6. The zero-order valence-corrected chi connectivity index (χ0v) is 9.66. The highest BCUT2D eigenvalue weighted by molar-refractivity contribution is 7.92. The monoisotopic (exact) mass is 259 g/mol. The van der Waals surface area contributed by atoms with Crippen LogP contribution in [0.5, 0.6) is 0 Å². The van der Waals surface area contributed by atoms with Crippen LogP contribution in [0, 0.1) is 5.82 Å². The molecule has 17 heavy (non-hydrogen) atoms. The number of hydrogen-bond acceptors (Lipinski definition) is 3. The van der Waals surface area contributed by atoms with Crippen LogP contribution < -0.4 is 4.72 Å². The maximum atomic E-state index is 13.4. The lowest BCUT2D eigenvalue weighted by Gasteiger charge is -2.04. The number of anilines is 1. The van der Waals surface area contributed by atoms with Crippen LogP contribution >= 0.6 is 0 Å². The minimum atomic E-state index is -3.46. The first-order chi connectivity index (χ1) is 7.78. The average molecular weight is 259 g/mol. The fraction of sp³-hybridized carbons (Fsp3) is 0.100. The average Bonchev–Trinajstić information content (AvgIpc) is 2.13. The summed E-state index contributed by atoms with van der Waals surface area (Å²) in [6, 6.07) is 3.59. The van der Waals surface area contributed by atoms with Gasteiger partial charge in [-0.15, -0.1) is 0 Å². The molecule has 0 heterocycles. The number of benzene rings is 1. The highest BCUT2D eigenvalue weighted by Gasteiger charge is 2.05. The third-order valence-electron chi connectivity index (χ3n) is 1.71. The lowest BCUT2D eigenvalue weighted by Crippen LogP contribution is -2.09. The molecule has 0 saturated carbocycles. The highest BCUT2D eigenvalue weighted by atomic mass is 32.2. The lowest BCUT2D eigenvalue weighted by molar-refractivity contribution is -0.131. The van der Waals surface area contributed by atoms with E-state index in [1.165, 1.54) is 12.1 Å². The van der Waals surface area contributed by atoms with E-state index >= 15 is 0 Å². The molecule has 0 fully saturated rings. The highest BCUT2D eigenvalue weighted by Crippen LogP contribution is 2.16. The standard InChI is InChI=1S/C10H10FNO4S/c1-17(15,16)12-8-4-2-7(9(11)6-8)3-5-10(13)14/h2-6,12H,1H3,(H,13,14). The van der Waals surface area contributed by atoms with Crippen molar-refractivity contribution in [1.29, 1.82) is 0 Å². The first kappa shape index (κ1) is 13.2. The Labute approximate surface area is 97.6 Å². The number of rotatable bonds is 4. The van der Waals surface area contributed by atoms with Crippen LogP contribution in [0.1, 0.15) is 5.56 Å². The molecule has 0 saturated heterocycles. The van der Waals surface area contributed by atoms with Crippen LogP contribution in [0.3, 0.4) is 0 Å². The minimum Gasteiger partial charge on any atom is -0.478 e. The quantitative estimate of drug-likeness (QED) is 0.798. The molecule has 1 rings (SSSR count). The van der Waals surface area contributed by atoms with Gasteiger partial charge in [-0.2, -0.15) is 0 Å². The molecule has 1 aromatic rings. The molecule has 0 aliphatic rings. The van der Waals surface area contributed by atoms with Gasteiger partial charge in [0, 0.05) is 11.6 Å². The molecule has 0 aliphatic heterocycles. The number of halogens is 1. The topological polar surface area (TPSA) is 83.5 Å². The smallest absolute Gasteiger partial charge is 0.328 e. The molecule has 0 atom stereocenters. The molecule has 0 aromatic heterocycles. The van der Waals surface area contributed by atoms with Gasteiger partial charge in [-0.05, 0) is 24.3 Å². The largest absolute Gasteiger partial charge is 0.478 e. The Bertz CT molecular complexity index is 566. The summed E-state index contributed by atoms with van der Waals surface area (Å²) in [7, 11) is -3.46. The van der Waals surface area contributed by atoms with Gasteiger partial charge in [0.2, 0.25) is 10.0 Å². The van der Waals surface area contributed by atoms with E-state index in [-0.39, 0.29) is 11.3 Å². The molecule has 7 heteroatoms. The van der Waals surface area contributed by atoms with Crippen molar-refractivity contribution in [3.05, 3.63) is 35.7 Å². The SMILES string of the molecule is CS(=O)(=O)Nc1ccc(C=CC(=O)O)c(F)c1. The Morgan fingerprint density at radius 2 is 2.12 bits per heavy atom. The summed E-state index contributed by atoms with van der Waals surface area (Å²) in [4.78, 5) is 10.2. The van der Waals surface area contributed by atoms with Gasteiger partial charge in [0.15, 0.2) is 0 Å². The number of aliphatic carboxylic acids is 1. The van der Waals surface area contributed by atoms with Crippen molar-refractivity contribution >= 4 is 27.8 Å². The van der Waals surface area contributed by atoms with E-state index in [4.69, 9.17) is 5.11 Å². The predicted molar refractivity (Wildman–Crippen MR) is 61.5 cm³/mol. The third-order valence-corrected chi connectivity index (χ3v) is 2.32. The number of carbonyl (C=O) groups is 1. The molecule has 2 N–H and O–H groups in total. The maximum absolute atomic E-state index is 13.4. The number of carboxylic acid groups (broad SMARTS) is 1. The van der Waals surface area contributed by atoms with Gasteiger partial charge in [0.05, 0.1) is 11.9 Å². The molecular weight excluding hydrogens is 249 g/mol. The Balaban J connectivity index is 2.98. The van der Waals surface area contributed by atoms with Crippen molar-refractivity contribution in [1.82, 2.24) is 0 Å². The Morgan fingerprint density at radius 3 is 2.59 bits per heavy atom. The lowest BCUT2D eigenvalue weighted by atomic mass is 10.2. The van der Waals surface area contributed by atoms with E-state index in [9.17, 15) is 17.6 Å². The second-order valence-electron chi connectivity index (χ2n) is 3.28. The minimum absolute atomic E-state index is 0.0615. The maximum Gasteiger partial charge on any atom is 0.328 e. The molecule has 0 amide bonds. The number of hydrogen-bond donors (Lipinski definition) is 2. The molecule has 0 spiro atoms. The van der Waals surface area contributed by atoms with E-state index in [0.29, 0.717) is 0 Å². The van der Waals surface area contributed by atoms with Crippen LogP contribution in [0.25, 0.3) is 6.08 Å². The third kappa shape index (κ3) is 4.64. The van der Waals surface area contributed by atoms with E-state index in [1.54, 1.807) is 0 Å². The summed E-state index contributed by atoms with van der Waals surface area (Å²) < 4.78 is 37.3. The Kier molecular flexibility index (Phi) is 3.84. The van der Waals surface area contributed by atoms with Gasteiger partial charge in [0.1, 0.15) is 5.82 Å². The summed E-state index contributed by atoms with van der Waals surface area (Å²) in [5.41, 5.74) is 0.143. The van der Waals surface area contributed by atoms with E-state index < -0.39 is 21.8 Å². The first-order valence-corrected chi connectivity index (χ1v) is 6.35.